The molecule has 2 heterocycles. The van der Waals surface area contributed by atoms with Crippen molar-refractivity contribution in [3.05, 3.63) is 18.5 Å². The van der Waals surface area contributed by atoms with Crippen molar-refractivity contribution in [3.8, 4) is 0 Å². The average Bonchev–Trinajstić information content (AvgIpc) is 2.67. The van der Waals surface area contributed by atoms with E-state index in [0.29, 0.717) is 12.0 Å². The molecule has 0 saturated carbocycles. The highest BCUT2D eigenvalue weighted by Gasteiger charge is 2.28. The summed E-state index contributed by atoms with van der Waals surface area (Å²) >= 11 is 0. The van der Waals surface area contributed by atoms with Gasteiger partial charge in [-0.15, -0.1) is 0 Å². The Balaban J connectivity index is 2.18. The van der Waals surface area contributed by atoms with Gasteiger partial charge in [0.25, 0.3) is 0 Å². The molecule has 1 unspecified atom stereocenters. The third-order valence-electron chi connectivity index (χ3n) is 2.88. The van der Waals surface area contributed by atoms with Gasteiger partial charge in [-0.25, -0.2) is 9.97 Å². The van der Waals surface area contributed by atoms with Crippen molar-refractivity contribution in [1.82, 2.24) is 9.97 Å². The molecule has 0 radical (unpaired) electrons. The van der Waals surface area contributed by atoms with Crippen LogP contribution >= 0.6 is 0 Å². The second-order valence-electron chi connectivity index (χ2n) is 4.20. The molecule has 1 aromatic heterocycles. The molecule has 3 nitrogen and oxygen atoms in total. The molecule has 1 fully saturated rings. The van der Waals surface area contributed by atoms with Crippen LogP contribution in [0.15, 0.2) is 18.5 Å². The largest absolute Gasteiger partial charge is 0.338 e. The van der Waals surface area contributed by atoms with Crippen LogP contribution in [0.2, 0.25) is 0 Å². The topological polar surface area (TPSA) is 29.0 Å². The normalized spacial score (nSPS) is 21.9. The molecule has 14 heavy (non-hydrogen) atoms. The molecule has 1 aliphatic rings. The van der Waals surface area contributed by atoms with E-state index >= 15 is 0 Å². The molecule has 0 N–H and O–H groups in total. The molecule has 0 aliphatic carbocycles. The van der Waals surface area contributed by atoms with Gasteiger partial charge >= 0.3 is 0 Å². The molecule has 1 aliphatic heterocycles. The lowest BCUT2D eigenvalue weighted by Crippen LogP contribution is -2.34. The van der Waals surface area contributed by atoms with E-state index in [1.807, 2.05) is 18.5 Å². The van der Waals surface area contributed by atoms with Crippen LogP contribution < -0.4 is 4.90 Å². The summed E-state index contributed by atoms with van der Waals surface area (Å²) in [7, 11) is 0. The highest BCUT2D eigenvalue weighted by atomic mass is 15.3. The third kappa shape index (κ3) is 1.72. The Hall–Kier alpha value is -1.12. The first-order valence-corrected chi connectivity index (χ1v) is 5.32. The summed E-state index contributed by atoms with van der Waals surface area (Å²) in [5, 5.41) is 0. The summed E-state index contributed by atoms with van der Waals surface area (Å²) < 4.78 is 0. The minimum absolute atomic E-state index is 0.623. The summed E-state index contributed by atoms with van der Waals surface area (Å²) in [6, 6.07) is 2.49. The van der Waals surface area contributed by atoms with Gasteiger partial charge in [0, 0.05) is 25.0 Å². The Morgan fingerprint density at radius 3 is 2.71 bits per heavy atom. The van der Waals surface area contributed by atoms with Crippen LogP contribution in [0.5, 0.6) is 0 Å². The minimum Gasteiger partial charge on any atom is -0.338 e. The molecule has 0 aromatic carbocycles. The summed E-state index contributed by atoms with van der Waals surface area (Å²) in [5.41, 5.74) is 0. The first-order chi connectivity index (χ1) is 6.79. The average molecular weight is 191 g/mol. The number of rotatable bonds is 2. The van der Waals surface area contributed by atoms with Crippen LogP contribution in [-0.4, -0.2) is 22.6 Å². The predicted molar refractivity (Wildman–Crippen MR) is 57.2 cm³/mol. The first-order valence-electron chi connectivity index (χ1n) is 5.32. The van der Waals surface area contributed by atoms with Crippen molar-refractivity contribution in [2.24, 2.45) is 5.92 Å². The van der Waals surface area contributed by atoms with E-state index in [2.05, 4.69) is 28.7 Å². The molecule has 76 valence electrons. The number of hydrogen-bond acceptors (Lipinski definition) is 3. The van der Waals surface area contributed by atoms with Gasteiger partial charge in [-0.05, 0) is 24.8 Å². The van der Waals surface area contributed by atoms with E-state index in [0.717, 1.165) is 12.5 Å². The fourth-order valence-corrected chi connectivity index (χ4v) is 2.17. The maximum atomic E-state index is 4.31. The molecule has 0 bridgehead atoms. The number of aromatic nitrogens is 2. The zero-order valence-electron chi connectivity index (χ0n) is 8.85. The van der Waals surface area contributed by atoms with E-state index in [9.17, 15) is 0 Å². The fraction of sp³-hybridized carbons (Fsp3) is 0.636. The van der Waals surface area contributed by atoms with Crippen LogP contribution in [0.3, 0.4) is 0 Å². The van der Waals surface area contributed by atoms with E-state index in [-0.39, 0.29) is 0 Å². The van der Waals surface area contributed by atoms with E-state index < -0.39 is 0 Å². The first kappa shape index (κ1) is 9.44. The van der Waals surface area contributed by atoms with Crippen molar-refractivity contribution in [3.63, 3.8) is 0 Å². The van der Waals surface area contributed by atoms with Gasteiger partial charge in [-0.3, -0.25) is 0 Å². The lowest BCUT2D eigenvalue weighted by molar-refractivity contribution is 0.487. The monoisotopic (exact) mass is 191 g/mol. The van der Waals surface area contributed by atoms with Gasteiger partial charge in [-0.1, -0.05) is 13.8 Å². The van der Waals surface area contributed by atoms with Crippen molar-refractivity contribution < 1.29 is 0 Å². The van der Waals surface area contributed by atoms with Crippen LogP contribution in [0, 0.1) is 5.92 Å². The number of hydrogen-bond donors (Lipinski definition) is 0. The van der Waals surface area contributed by atoms with Gasteiger partial charge in [0.1, 0.15) is 0 Å². The van der Waals surface area contributed by atoms with Crippen LogP contribution in [0.4, 0.5) is 5.95 Å². The highest BCUT2D eigenvalue weighted by Crippen LogP contribution is 2.26. The summed E-state index contributed by atoms with van der Waals surface area (Å²) in [6.45, 7) is 5.64. The molecule has 1 aromatic rings. The molecule has 0 spiro atoms. The molecule has 2 rings (SSSR count). The van der Waals surface area contributed by atoms with Crippen molar-refractivity contribution >= 4 is 5.95 Å². The van der Waals surface area contributed by atoms with E-state index in [1.165, 1.54) is 12.8 Å². The molecule has 3 heteroatoms. The minimum atomic E-state index is 0.623. The second-order valence-corrected chi connectivity index (χ2v) is 4.20. The van der Waals surface area contributed by atoms with Gasteiger partial charge < -0.3 is 4.90 Å². The Morgan fingerprint density at radius 1 is 1.36 bits per heavy atom. The Kier molecular flexibility index (Phi) is 2.66. The maximum absolute atomic E-state index is 4.31. The summed E-state index contributed by atoms with van der Waals surface area (Å²) in [4.78, 5) is 11.0. The van der Waals surface area contributed by atoms with Gasteiger partial charge in [0.05, 0.1) is 0 Å². The maximum Gasteiger partial charge on any atom is 0.225 e. The number of anilines is 1. The molecule has 1 atom stereocenters. The summed E-state index contributed by atoms with van der Waals surface area (Å²) in [6.07, 6.45) is 6.17. The number of nitrogens with zero attached hydrogens (tertiary/aromatic N) is 3. The second kappa shape index (κ2) is 3.95. The van der Waals surface area contributed by atoms with E-state index in [4.69, 9.17) is 0 Å². The Morgan fingerprint density at radius 2 is 2.07 bits per heavy atom. The zero-order chi connectivity index (χ0) is 9.97. The van der Waals surface area contributed by atoms with Gasteiger partial charge in [0.2, 0.25) is 5.95 Å². The zero-order valence-corrected chi connectivity index (χ0v) is 8.85. The lowest BCUT2D eigenvalue weighted by Gasteiger charge is -2.27. The Labute approximate surface area is 85.2 Å². The molecular weight excluding hydrogens is 174 g/mol. The van der Waals surface area contributed by atoms with Crippen molar-refractivity contribution in [2.75, 3.05) is 11.4 Å². The summed E-state index contributed by atoms with van der Waals surface area (Å²) in [5.74, 6) is 1.57. The van der Waals surface area contributed by atoms with Crippen LogP contribution in [0.1, 0.15) is 26.7 Å². The fourth-order valence-electron chi connectivity index (χ4n) is 2.17. The predicted octanol–water partition coefficient (Wildman–Crippen LogP) is 2.10. The molecule has 1 saturated heterocycles. The molecular formula is C11H17N3. The van der Waals surface area contributed by atoms with Crippen molar-refractivity contribution in [1.29, 1.82) is 0 Å². The quantitative estimate of drug-likeness (QED) is 0.717. The van der Waals surface area contributed by atoms with Crippen LogP contribution in [0.25, 0.3) is 0 Å². The third-order valence-corrected chi connectivity index (χ3v) is 2.88. The van der Waals surface area contributed by atoms with Gasteiger partial charge in [0.15, 0.2) is 0 Å². The lowest BCUT2D eigenvalue weighted by atomic mass is 10.0. The molecule has 0 amide bonds. The standard InChI is InChI=1S/C11H17N3/c1-9(2)10-5-3-8-14(10)11-12-6-4-7-13-11/h4,6-7,9-10H,3,5,8H2,1-2H3. The highest BCUT2D eigenvalue weighted by molar-refractivity contribution is 5.32. The van der Waals surface area contributed by atoms with E-state index in [1.54, 1.807) is 0 Å². The van der Waals surface area contributed by atoms with Crippen LogP contribution in [-0.2, 0) is 0 Å². The van der Waals surface area contributed by atoms with Gasteiger partial charge in [-0.2, -0.15) is 0 Å². The van der Waals surface area contributed by atoms with Crippen molar-refractivity contribution in [2.45, 2.75) is 32.7 Å². The SMILES string of the molecule is CC(C)C1CCCN1c1ncccn1. The Bertz CT molecular complexity index is 284. The smallest absolute Gasteiger partial charge is 0.225 e.